The lowest BCUT2D eigenvalue weighted by molar-refractivity contribution is 1.66. The van der Waals surface area contributed by atoms with Gasteiger partial charge >= 0.3 is 0 Å². The quantitative estimate of drug-likeness (QED) is 0.723. The van der Waals surface area contributed by atoms with Crippen LogP contribution < -0.4 is 0 Å². The third-order valence-corrected chi connectivity index (χ3v) is 3.39. The second kappa shape index (κ2) is 4.29. The molecular formula is C8H5Br2Cl. The van der Waals surface area contributed by atoms with Gasteiger partial charge in [0.1, 0.15) is 0 Å². The van der Waals surface area contributed by atoms with Crippen molar-refractivity contribution >= 4 is 47.9 Å². The lowest BCUT2D eigenvalue weighted by Gasteiger charge is -1.97. The Morgan fingerprint density at radius 2 is 1.64 bits per heavy atom. The Labute approximate surface area is 87.5 Å². The van der Waals surface area contributed by atoms with E-state index in [1.54, 1.807) is 0 Å². The van der Waals surface area contributed by atoms with Gasteiger partial charge < -0.3 is 0 Å². The molecule has 0 aliphatic rings. The maximum Gasteiger partial charge on any atom is 0.0981 e. The third kappa shape index (κ3) is 2.62. The van der Waals surface area contributed by atoms with Crippen LogP contribution in [0.15, 0.2) is 34.3 Å². The Hall–Kier alpha value is 0.210. The van der Waals surface area contributed by atoms with E-state index in [0.29, 0.717) is 3.94 Å². The largest absolute Gasteiger partial charge is 0.0981 e. The first-order valence-corrected chi connectivity index (χ1v) is 4.94. The number of hydrogen-bond acceptors (Lipinski definition) is 0. The highest BCUT2D eigenvalue weighted by Gasteiger charge is 1.99. The molecule has 0 fully saturated rings. The van der Waals surface area contributed by atoms with E-state index < -0.39 is 0 Å². The molecule has 11 heavy (non-hydrogen) atoms. The van der Waals surface area contributed by atoms with Gasteiger partial charge in [-0.2, -0.15) is 0 Å². The summed E-state index contributed by atoms with van der Waals surface area (Å²) in [4.78, 5) is 0. The molecule has 0 aromatic heterocycles. The zero-order chi connectivity index (χ0) is 8.27. The van der Waals surface area contributed by atoms with E-state index in [4.69, 9.17) is 11.6 Å². The van der Waals surface area contributed by atoms with Gasteiger partial charge in [0.25, 0.3) is 0 Å². The summed E-state index contributed by atoms with van der Waals surface area (Å²) in [7, 11) is 0. The molecule has 1 rings (SSSR count). The van der Waals surface area contributed by atoms with Crippen LogP contribution in [0, 0.1) is 0 Å². The Balaban J connectivity index is 3.04. The van der Waals surface area contributed by atoms with Gasteiger partial charge in [0, 0.05) is 0 Å². The summed E-state index contributed by atoms with van der Waals surface area (Å²) in [5.74, 6) is 0. The van der Waals surface area contributed by atoms with Gasteiger partial charge in [0.2, 0.25) is 0 Å². The van der Waals surface area contributed by atoms with Crippen molar-refractivity contribution in [3.05, 3.63) is 39.8 Å². The molecule has 0 spiro atoms. The normalized spacial score (nSPS) is 12.6. The van der Waals surface area contributed by atoms with Gasteiger partial charge in [-0.1, -0.05) is 41.9 Å². The molecule has 0 saturated heterocycles. The van der Waals surface area contributed by atoms with Crippen molar-refractivity contribution in [3.8, 4) is 0 Å². The monoisotopic (exact) mass is 294 g/mol. The average Bonchev–Trinajstić information content (AvgIpc) is 2.05. The van der Waals surface area contributed by atoms with Crippen LogP contribution in [0.1, 0.15) is 5.56 Å². The first kappa shape index (κ1) is 9.30. The highest BCUT2D eigenvalue weighted by molar-refractivity contribution is 9.17. The predicted octanol–water partition coefficient (Wildman–Crippen LogP) is 4.34. The maximum atomic E-state index is 5.71. The van der Waals surface area contributed by atoms with Crippen LogP contribution in [0.4, 0.5) is 0 Å². The van der Waals surface area contributed by atoms with E-state index in [0.717, 1.165) is 10.0 Å². The molecule has 0 aliphatic heterocycles. The molecule has 0 heterocycles. The van der Waals surface area contributed by atoms with Crippen LogP contribution in [0.5, 0.6) is 0 Å². The van der Waals surface area contributed by atoms with Crippen molar-refractivity contribution in [3.63, 3.8) is 0 Å². The number of hydrogen-bond donors (Lipinski definition) is 0. The molecule has 0 saturated carbocycles. The van der Waals surface area contributed by atoms with Crippen LogP contribution >= 0.6 is 43.5 Å². The van der Waals surface area contributed by atoms with Crippen molar-refractivity contribution in [2.75, 3.05) is 0 Å². The van der Waals surface area contributed by atoms with Crippen LogP contribution in [0.2, 0.25) is 0 Å². The fourth-order valence-electron chi connectivity index (χ4n) is 0.694. The van der Waals surface area contributed by atoms with E-state index in [-0.39, 0.29) is 0 Å². The minimum atomic E-state index is 0.587. The van der Waals surface area contributed by atoms with Gasteiger partial charge in [-0.05, 0) is 37.4 Å². The summed E-state index contributed by atoms with van der Waals surface area (Å²) in [5, 5.41) is 0. The minimum Gasteiger partial charge on any atom is -0.0749 e. The van der Waals surface area contributed by atoms with Crippen LogP contribution in [0.3, 0.4) is 0 Å². The number of rotatable bonds is 1. The topological polar surface area (TPSA) is 0 Å². The first-order valence-electron chi connectivity index (χ1n) is 2.98. The summed E-state index contributed by atoms with van der Waals surface area (Å²) in [5.41, 5.74) is 1.06. The zero-order valence-electron chi connectivity index (χ0n) is 5.52. The first-order chi connectivity index (χ1) is 5.22. The molecule has 1 aromatic carbocycles. The van der Waals surface area contributed by atoms with Crippen molar-refractivity contribution in [2.45, 2.75) is 0 Å². The fraction of sp³-hybridized carbons (Fsp3) is 0. The second-order valence-corrected chi connectivity index (χ2v) is 4.36. The highest BCUT2D eigenvalue weighted by Crippen LogP contribution is 2.30. The molecule has 0 aliphatic carbocycles. The predicted molar refractivity (Wildman–Crippen MR) is 57.1 cm³/mol. The molecule has 3 heteroatoms. The summed E-state index contributed by atoms with van der Waals surface area (Å²) in [6.07, 6.45) is 0. The standard InChI is InChI=1S/C8H5Br2Cl/c9-7(8(10)11)6-4-2-1-3-5-6/h1-5H/b8-7-. The summed E-state index contributed by atoms with van der Waals surface area (Å²) in [6.45, 7) is 0. The molecule has 0 amide bonds. The lowest BCUT2D eigenvalue weighted by Crippen LogP contribution is -1.73. The molecule has 0 unspecified atom stereocenters. The molecule has 0 radical (unpaired) electrons. The van der Waals surface area contributed by atoms with Crippen molar-refractivity contribution < 1.29 is 0 Å². The van der Waals surface area contributed by atoms with Gasteiger partial charge in [0.15, 0.2) is 0 Å². The molecular weight excluding hydrogens is 291 g/mol. The molecule has 0 bridgehead atoms. The van der Waals surface area contributed by atoms with Gasteiger partial charge in [0.05, 0.1) is 8.42 Å². The molecule has 0 N–H and O–H groups in total. The van der Waals surface area contributed by atoms with Gasteiger partial charge in [-0.25, -0.2) is 0 Å². The van der Waals surface area contributed by atoms with Crippen molar-refractivity contribution in [2.24, 2.45) is 0 Å². The van der Waals surface area contributed by atoms with E-state index in [2.05, 4.69) is 31.9 Å². The smallest absolute Gasteiger partial charge is 0.0749 e. The maximum absolute atomic E-state index is 5.71. The SMILES string of the molecule is Cl/C(Br)=C(\Br)c1ccccc1. The Morgan fingerprint density at radius 1 is 1.09 bits per heavy atom. The molecule has 0 atom stereocenters. The van der Waals surface area contributed by atoms with Crippen LogP contribution in [0.25, 0.3) is 4.48 Å². The molecule has 1 aromatic rings. The summed E-state index contributed by atoms with van der Waals surface area (Å²) >= 11 is 12.2. The third-order valence-electron chi connectivity index (χ3n) is 1.19. The lowest BCUT2D eigenvalue weighted by atomic mass is 10.2. The summed E-state index contributed by atoms with van der Waals surface area (Å²) < 4.78 is 1.46. The minimum absolute atomic E-state index is 0.587. The summed E-state index contributed by atoms with van der Waals surface area (Å²) in [6, 6.07) is 9.85. The Morgan fingerprint density at radius 3 is 2.09 bits per heavy atom. The van der Waals surface area contributed by atoms with E-state index in [1.807, 2.05) is 30.3 Å². The van der Waals surface area contributed by atoms with Crippen LogP contribution in [-0.2, 0) is 0 Å². The van der Waals surface area contributed by atoms with Crippen molar-refractivity contribution in [1.82, 2.24) is 0 Å². The van der Waals surface area contributed by atoms with Gasteiger partial charge in [-0.15, -0.1) is 0 Å². The number of halogens is 3. The average molecular weight is 296 g/mol. The van der Waals surface area contributed by atoms with E-state index >= 15 is 0 Å². The van der Waals surface area contributed by atoms with E-state index in [9.17, 15) is 0 Å². The Bertz CT molecular complexity index is 263. The second-order valence-electron chi connectivity index (χ2n) is 1.94. The van der Waals surface area contributed by atoms with Crippen LogP contribution in [-0.4, -0.2) is 0 Å². The molecule has 58 valence electrons. The van der Waals surface area contributed by atoms with Gasteiger partial charge in [-0.3, -0.25) is 0 Å². The molecule has 0 nitrogen and oxygen atoms in total. The van der Waals surface area contributed by atoms with E-state index in [1.165, 1.54) is 0 Å². The Kier molecular flexibility index (Phi) is 3.63. The zero-order valence-corrected chi connectivity index (χ0v) is 9.45. The highest BCUT2D eigenvalue weighted by atomic mass is 79.9. The number of benzene rings is 1. The fourth-order valence-corrected chi connectivity index (χ4v) is 1.30. The van der Waals surface area contributed by atoms with Crippen molar-refractivity contribution in [1.29, 1.82) is 0 Å².